The summed E-state index contributed by atoms with van der Waals surface area (Å²) in [5.41, 5.74) is 2.78. The number of ether oxygens (including phenoxy) is 1. The van der Waals surface area contributed by atoms with E-state index in [2.05, 4.69) is 42.0 Å². The quantitative estimate of drug-likeness (QED) is 0.770. The first-order valence-electron chi connectivity index (χ1n) is 10.3. The van der Waals surface area contributed by atoms with Crippen LogP contribution in [0.4, 0.5) is 0 Å². The van der Waals surface area contributed by atoms with Gasteiger partial charge in [-0.05, 0) is 25.0 Å². The Kier molecular flexibility index (Phi) is 4.32. The molecule has 1 N–H and O–H groups in total. The molecule has 0 unspecified atom stereocenters. The number of nitrogens with zero attached hydrogens (tertiary/aromatic N) is 3. The number of rotatable bonds is 5. The number of aromatic nitrogens is 2. The number of aryl methyl sites for hydroxylation is 2. The number of nitrogens with one attached hydrogen (secondary N) is 1. The van der Waals surface area contributed by atoms with Crippen LogP contribution >= 0.6 is 0 Å². The zero-order valence-electron chi connectivity index (χ0n) is 17.5. The van der Waals surface area contributed by atoms with Gasteiger partial charge in [-0.25, -0.2) is 4.98 Å². The molecule has 30 heavy (non-hydrogen) atoms. The summed E-state index contributed by atoms with van der Waals surface area (Å²) in [6.07, 6.45) is 7.01. The second-order valence-electron chi connectivity index (χ2n) is 8.75. The molecule has 2 fully saturated rings. The molecule has 1 aromatic carbocycles. The highest BCUT2D eigenvalue weighted by atomic mass is 16.5. The Morgan fingerprint density at radius 2 is 2.23 bits per heavy atom. The number of carbonyl (C=O) groups excluding carboxylic acids is 2. The van der Waals surface area contributed by atoms with Crippen molar-refractivity contribution in [2.75, 3.05) is 13.6 Å². The molecule has 7 nitrogen and oxygen atoms in total. The van der Waals surface area contributed by atoms with Crippen molar-refractivity contribution in [3.8, 4) is 0 Å². The van der Waals surface area contributed by atoms with Gasteiger partial charge in [0.25, 0.3) is 0 Å². The van der Waals surface area contributed by atoms with E-state index in [0.29, 0.717) is 19.6 Å². The number of imidazole rings is 1. The van der Waals surface area contributed by atoms with Gasteiger partial charge in [-0.2, -0.15) is 0 Å². The normalized spacial score (nSPS) is 29.0. The molecule has 0 saturated carbocycles. The van der Waals surface area contributed by atoms with Crippen LogP contribution in [0, 0.1) is 25.7 Å². The third kappa shape index (κ3) is 2.88. The number of H-pyrrole nitrogens is 1. The van der Waals surface area contributed by atoms with E-state index in [1.54, 1.807) is 24.3 Å². The molecule has 4 atom stereocenters. The lowest BCUT2D eigenvalue weighted by Crippen LogP contribution is -2.44. The van der Waals surface area contributed by atoms with Gasteiger partial charge in [-0.3, -0.25) is 9.59 Å². The van der Waals surface area contributed by atoms with E-state index in [9.17, 15) is 9.59 Å². The van der Waals surface area contributed by atoms with E-state index in [-0.39, 0.29) is 17.9 Å². The highest BCUT2D eigenvalue weighted by molar-refractivity contribution is 5.93. The van der Waals surface area contributed by atoms with E-state index < -0.39 is 17.4 Å². The Bertz CT molecular complexity index is 1030. The molecule has 3 aliphatic rings. The summed E-state index contributed by atoms with van der Waals surface area (Å²) in [5.74, 6) is -0.313. The first kappa shape index (κ1) is 19.1. The first-order valence-corrected chi connectivity index (χ1v) is 10.3. The topological polar surface area (TPSA) is 78.5 Å². The zero-order valence-corrected chi connectivity index (χ0v) is 17.5. The fourth-order valence-electron chi connectivity index (χ4n) is 5.11. The van der Waals surface area contributed by atoms with Crippen LogP contribution in [0.1, 0.15) is 22.5 Å². The molecule has 1 aromatic heterocycles. The molecule has 156 valence electrons. The maximum Gasteiger partial charge on any atom is 0.230 e. The average Bonchev–Trinajstić information content (AvgIpc) is 3.47. The Labute approximate surface area is 175 Å². The number of hydrogen-bond donors (Lipinski definition) is 1. The number of carbonyl (C=O) groups is 2. The summed E-state index contributed by atoms with van der Waals surface area (Å²) in [6.45, 7) is 5.52. The van der Waals surface area contributed by atoms with Crippen molar-refractivity contribution in [1.29, 1.82) is 0 Å². The summed E-state index contributed by atoms with van der Waals surface area (Å²) in [6, 6.07) is 6.29. The van der Waals surface area contributed by atoms with Crippen molar-refractivity contribution in [2.24, 2.45) is 11.8 Å². The predicted octanol–water partition coefficient (Wildman–Crippen LogP) is 1.97. The first-order chi connectivity index (χ1) is 14.4. The molecule has 4 heterocycles. The van der Waals surface area contributed by atoms with E-state index in [4.69, 9.17) is 4.74 Å². The minimum atomic E-state index is -0.689. The predicted molar refractivity (Wildman–Crippen MR) is 110 cm³/mol. The highest BCUT2D eigenvalue weighted by Gasteiger charge is 2.67. The second kappa shape index (κ2) is 6.80. The monoisotopic (exact) mass is 406 g/mol. The molecule has 2 saturated heterocycles. The van der Waals surface area contributed by atoms with Crippen molar-refractivity contribution >= 4 is 11.8 Å². The van der Waals surface area contributed by atoms with Gasteiger partial charge in [0.15, 0.2) is 0 Å². The van der Waals surface area contributed by atoms with E-state index in [0.717, 1.165) is 17.0 Å². The van der Waals surface area contributed by atoms with Gasteiger partial charge < -0.3 is 19.5 Å². The van der Waals surface area contributed by atoms with Gasteiger partial charge in [-0.15, -0.1) is 0 Å². The Balaban J connectivity index is 1.38. The molecule has 2 amide bonds. The van der Waals surface area contributed by atoms with Crippen LogP contribution < -0.4 is 0 Å². The molecule has 2 aromatic rings. The van der Waals surface area contributed by atoms with Gasteiger partial charge in [0.05, 0.1) is 31.0 Å². The Morgan fingerprint density at radius 1 is 1.40 bits per heavy atom. The van der Waals surface area contributed by atoms with Gasteiger partial charge in [0.2, 0.25) is 11.8 Å². The van der Waals surface area contributed by atoms with Crippen LogP contribution in [0.25, 0.3) is 0 Å². The van der Waals surface area contributed by atoms with Crippen molar-refractivity contribution in [3.05, 3.63) is 65.3 Å². The zero-order chi connectivity index (χ0) is 21.0. The molecule has 0 radical (unpaired) electrons. The van der Waals surface area contributed by atoms with Crippen molar-refractivity contribution in [3.63, 3.8) is 0 Å². The molecule has 2 bridgehead atoms. The van der Waals surface area contributed by atoms with Crippen molar-refractivity contribution < 1.29 is 14.3 Å². The summed E-state index contributed by atoms with van der Waals surface area (Å²) in [7, 11) is 1.75. The lowest BCUT2D eigenvalue weighted by Gasteiger charge is -2.27. The van der Waals surface area contributed by atoms with Gasteiger partial charge in [-0.1, -0.05) is 35.9 Å². The van der Waals surface area contributed by atoms with Crippen LogP contribution in [-0.4, -0.2) is 56.9 Å². The second-order valence-corrected chi connectivity index (χ2v) is 8.75. The summed E-state index contributed by atoms with van der Waals surface area (Å²) >= 11 is 0. The lowest BCUT2D eigenvalue weighted by atomic mass is 9.76. The molecular weight excluding hydrogens is 380 g/mol. The molecule has 7 heteroatoms. The van der Waals surface area contributed by atoms with Crippen molar-refractivity contribution in [2.45, 2.75) is 38.6 Å². The maximum absolute atomic E-state index is 13.4. The minimum Gasteiger partial charge on any atom is -0.360 e. The molecule has 5 rings (SSSR count). The third-order valence-corrected chi connectivity index (χ3v) is 6.65. The minimum absolute atomic E-state index is 0.00695. The number of aromatic amines is 1. The number of benzene rings is 1. The number of hydrogen-bond acceptors (Lipinski definition) is 4. The third-order valence-electron chi connectivity index (χ3n) is 6.65. The molecule has 1 spiro atoms. The standard InChI is InChI=1S/C23H26N4O3/c1-14-4-5-15(2)16(10-14)11-27-13-23-7-6-17(30-23)19(20(23)22(27)29)21(28)26(3)12-18-24-8-9-25-18/h4-10,17,19-20H,11-13H2,1-3H3,(H,24,25)/t17-,19-,20-,23-/m0/s1. The van der Waals surface area contributed by atoms with Gasteiger partial charge >= 0.3 is 0 Å². The largest absolute Gasteiger partial charge is 0.360 e. The Hall–Kier alpha value is -2.93. The van der Waals surface area contributed by atoms with Gasteiger partial charge in [0, 0.05) is 26.0 Å². The average molecular weight is 406 g/mol. The SMILES string of the molecule is Cc1ccc(C)c(CN2C[C@]34C=C[C@H](O3)[C@H](C(=O)N(C)Cc3ncc[nH]3)[C@H]4C2=O)c1. The lowest BCUT2D eigenvalue weighted by molar-refractivity contribution is -0.143. The summed E-state index contributed by atoms with van der Waals surface area (Å²) in [4.78, 5) is 37.5. The van der Waals surface area contributed by atoms with Crippen LogP contribution in [-0.2, 0) is 27.4 Å². The number of amides is 2. The van der Waals surface area contributed by atoms with E-state index in [1.165, 1.54) is 5.56 Å². The summed E-state index contributed by atoms with van der Waals surface area (Å²) in [5, 5.41) is 0. The number of likely N-dealkylation sites (tertiary alicyclic amines) is 1. The Morgan fingerprint density at radius 3 is 3.00 bits per heavy atom. The van der Waals surface area contributed by atoms with Crippen molar-refractivity contribution in [1.82, 2.24) is 19.8 Å². The molecule has 3 aliphatic heterocycles. The number of fused-ring (bicyclic) bond motifs is 1. The van der Waals surface area contributed by atoms with E-state index >= 15 is 0 Å². The fraction of sp³-hybridized carbons (Fsp3) is 0.435. The van der Waals surface area contributed by atoms with E-state index in [1.807, 2.05) is 17.1 Å². The smallest absolute Gasteiger partial charge is 0.230 e. The fourth-order valence-corrected chi connectivity index (χ4v) is 5.11. The van der Waals surface area contributed by atoms with Crippen LogP contribution in [0.15, 0.2) is 42.7 Å². The summed E-state index contributed by atoms with van der Waals surface area (Å²) < 4.78 is 6.25. The maximum atomic E-state index is 13.4. The van der Waals surface area contributed by atoms with Crippen LogP contribution in [0.3, 0.4) is 0 Å². The van der Waals surface area contributed by atoms with Gasteiger partial charge in [0.1, 0.15) is 11.4 Å². The molecular formula is C23H26N4O3. The highest BCUT2D eigenvalue weighted by Crippen LogP contribution is 2.52. The molecule has 0 aliphatic carbocycles. The van der Waals surface area contributed by atoms with Crippen LogP contribution in [0.5, 0.6) is 0 Å². The van der Waals surface area contributed by atoms with Crippen LogP contribution in [0.2, 0.25) is 0 Å².